The summed E-state index contributed by atoms with van der Waals surface area (Å²) in [6.07, 6.45) is 3.72. The van der Waals surface area contributed by atoms with Gasteiger partial charge in [-0.05, 0) is 41.5 Å². The van der Waals surface area contributed by atoms with E-state index in [-0.39, 0.29) is 5.56 Å². The summed E-state index contributed by atoms with van der Waals surface area (Å²) in [5.41, 5.74) is 3.61. The monoisotopic (exact) mass is 381 g/mol. The SMILES string of the molecule is O=C(O)c1cc(/C=C/c2ccc(OCc3ccccc3)cc2)nc2ccccc12. The fraction of sp³-hybridized carbons (Fsp3) is 0.0400. The minimum Gasteiger partial charge on any atom is -0.489 e. The molecule has 4 aromatic rings. The van der Waals surface area contributed by atoms with Crippen LogP contribution < -0.4 is 4.74 Å². The van der Waals surface area contributed by atoms with Crippen LogP contribution in [0.1, 0.15) is 27.2 Å². The van der Waals surface area contributed by atoms with Crippen LogP contribution in [0.15, 0.2) is 84.9 Å². The minimum atomic E-state index is -0.960. The van der Waals surface area contributed by atoms with E-state index in [9.17, 15) is 9.90 Å². The Morgan fingerprint density at radius 3 is 2.38 bits per heavy atom. The number of rotatable bonds is 6. The van der Waals surface area contributed by atoms with Crippen molar-refractivity contribution in [2.45, 2.75) is 6.61 Å². The Balaban J connectivity index is 1.49. The van der Waals surface area contributed by atoms with Crippen LogP contribution >= 0.6 is 0 Å². The largest absolute Gasteiger partial charge is 0.489 e. The maximum atomic E-state index is 11.6. The maximum absolute atomic E-state index is 11.6. The molecule has 0 aliphatic carbocycles. The van der Waals surface area contributed by atoms with E-state index >= 15 is 0 Å². The zero-order valence-electron chi connectivity index (χ0n) is 15.7. The lowest BCUT2D eigenvalue weighted by Gasteiger charge is -2.06. The van der Waals surface area contributed by atoms with Crippen LogP contribution in [0.4, 0.5) is 0 Å². The predicted octanol–water partition coefficient (Wildman–Crippen LogP) is 5.68. The lowest BCUT2D eigenvalue weighted by molar-refractivity contribution is 0.0699. The quantitative estimate of drug-likeness (QED) is 0.467. The van der Waals surface area contributed by atoms with E-state index in [0.717, 1.165) is 16.9 Å². The molecule has 4 heteroatoms. The van der Waals surface area contributed by atoms with Crippen LogP contribution in [-0.4, -0.2) is 16.1 Å². The lowest BCUT2D eigenvalue weighted by atomic mass is 10.1. The van der Waals surface area contributed by atoms with Gasteiger partial charge in [-0.25, -0.2) is 9.78 Å². The van der Waals surface area contributed by atoms with Crippen molar-refractivity contribution in [1.82, 2.24) is 4.98 Å². The van der Waals surface area contributed by atoms with Crippen molar-refractivity contribution >= 4 is 29.0 Å². The van der Waals surface area contributed by atoms with Crippen LogP contribution in [0.2, 0.25) is 0 Å². The Hall–Kier alpha value is -3.92. The zero-order chi connectivity index (χ0) is 20.1. The highest BCUT2D eigenvalue weighted by Gasteiger charge is 2.10. The standard InChI is InChI=1S/C25H19NO3/c27-25(28)23-16-20(26-24-9-5-4-8-22(23)24)13-10-18-11-14-21(15-12-18)29-17-19-6-2-1-3-7-19/h1-16H,17H2,(H,27,28)/b13-10+. The van der Waals surface area contributed by atoms with Crippen molar-refractivity contribution in [3.05, 3.63) is 107 Å². The third-order valence-corrected chi connectivity index (χ3v) is 4.54. The van der Waals surface area contributed by atoms with E-state index in [1.807, 2.05) is 84.9 Å². The normalized spacial score (nSPS) is 11.0. The summed E-state index contributed by atoms with van der Waals surface area (Å²) in [4.78, 5) is 16.1. The highest BCUT2D eigenvalue weighted by Crippen LogP contribution is 2.20. The van der Waals surface area contributed by atoms with E-state index < -0.39 is 5.97 Å². The average molecular weight is 381 g/mol. The molecule has 0 amide bonds. The van der Waals surface area contributed by atoms with Gasteiger partial charge in [-0.3, -0.25) is 0 Å². The van der Waals surface area contributed by atoms with Gasteiger partial charge in [0.1, 0.15) is 12.4 Å². The number of carboxylic acids is 1. The summed E-state index contributed by atoms with van der Waals surface area (Å²) in [5, 5.41) is 10.1. The van der Waals surface area contributed by atoms with Gasteiger partial charge in [0, 0.05) is 5.39 Å². The first kappa shape index (κ1) is 18.4. The van der Waals surface area contributed by atoms with Crippen molar-refractivity contribution in [2.75, 3.05) is 0 Å². The zero-order valence-corrected chi connectivity index (χ0v) is 15.7. The summed E-state index contributed by atoms with van der Waals surface area (Å²) in [5.74, 6) is -0.166. The topological polar surface area (TPSA) is 59.4 Å². The molecular weight excluding hydrogens is 362 g/mol. The molecule has 1 heterocycles. The smallest absolute Gasteiger partial charge is 0.336 e. The van der Waals surface area contributed by atoms with E-state index in [1.165, 1.54) is 0 Å². The lowest BCUT2D eigenvalue weighted by Crippen LogP contribution is -2.00. The molecule has 0 atom stereocenters. The van der Waals surface area contributed by atoms with Gasteiger partial charge < -0.3 is 9.84 Å². The number of para-hydroxylation sites is 1. The Labute approximate surface area is 168 Å². The Kier molecular flexibility index (Phi) is 5.34. The molecule has 142 valence electrons. The number of fused-ring (bicyclic) bond motifs is 1. The van der Waals surface area contributed by atoms with Gasteiger partial charge in [-0.15, -0.1) is 0 Å². The second-order valence-electron chi connectivity index (χ2n) is 6.59. The van der Waals surface area contributed by atoms with Gasteiger partial charge in [0.2, 0.25) is 0 Å². The summed E-state index contributed by atoms with van der Waals surface area (Å²) in [7, 11) is 0. The van der Waals surface area contributed by atoms with Crippen LogP contribution in [0.3, 0.4) is 0 Å². The van der Waals surface area contributed by atoms with Gasteiger partial charge in [0.25, 0.3) is 0 Å². The third kappa shape index (κ3) is 4.50. The van der Waals surface area contributed by atoms with Crippen molar-refractivity contribution in [3.8, 4) is 5.75 Å². The van der Waals surface area contributed by atoms with Crippen molar-refractivity contribution in [1.29, 1.82) is 0 Å². The van der Waals surface area contributed by atoms with E-state index in [0.29, 0.717) is 23.2 Å². The first-order valence-corrected chi connectivity index (χ1v) is 9.27. The molecule has 0 aliphatic heterocycles. The molecule has 0 spiro atoms. The second-order valence-corrected chi connectivity index (χ2v) is 6.59. The summed E-state index contributed by atoms with van der Waals surface area (Å²) >= 11 is 0. The average Bonchev–Trinajstić information content (AvgIpc) is 2.77. The number of hydrogen-bond donors (Lipinski definition) is 1. The highest BCUT2D eigenvalue weighted by atomic mass is 16.5. The highest BCUT2D eigenvalue weighted by molar-refractivity contribution is 6.03. The fourth-order valence-corrected chi connectivity index (χ4v) is 3.06. The molecule has 0 fully saturated rings. The molecule has 0 bridgehead atoms. The summed E-state index contributed by atoms with van der Waals surface area (Å²) in [6, 6.07) is 26.6. The predicted molar refractivity (Wildman–Crippen MR) is 115 cm³/mol. The molecular formula is C25H19NO3. The van der Waals surface area contributed by atoms with Crippen LogP contribution in [0.5, 0.6) is 5.75 Å². The van der Waals surface area contributed by atoms with Crippen LogP contribution in [0, 0.1) is 0 Å². The number of aromatic carboxylic acids is 1. The van der Waals surface area contributed by atoms with Crippen molar-refractivity contribution < 1.29 is 14.6 Å². The van der Waals surface area contributed by atoms with E-state index in [1.54, 1.807) is 12.1 Å². The molecule has 0 aliphatic rings. The number of carboxylic acid groups (broad SMARTS) is 1. The molecule has 1 N–H and O–H groups in total. The summed E-state index contributed by atoms with van der Waals surface area (Å²) < 4.78 is 5.80. The molecule has 4 nitrogen and oxygen atoms in total. The van der Waals surface area contributed by atoms with Crippen molar-refractivity contribution in [2.24, 2.45) is 0 Å². The Morgan fingerprint density at radius 2 is 1.62 bits per heavy atom. The molecule has 0 saturated carbocycles. The number of aromatic nitrogens is 1. The van der Waals surface area contributed by atoms with Gasteiger partial charge >= 0.3 is 5.97 Å². The number of hydrogen-bond acceptors (Lipinski definition) is 3. The number of pyridine rings is 1. The molecule has 29 heavy (non-hydrogen) atoms. The Bertz CT molecular complexity index is 1170. The maximum Gasteiger partial charge on any atom is 0.336 e. The van der Waals surface area contributed by atoms with Crippen molar-refractivity contribution in [3.63, 3.8) is 0 Å². The molecule has 3 aromatic carbocycles. The molecule has 0 unspecified atom stereocenters. The molecule has 4 rings (SSSR count). The molecule has 0 saturated heterocycles. The minimum absolute atomic E-state index is 0.250. The first-order valence-electron chi connectivity index (χ1n) is 9.27. The number of ether oxygens (including phenoxy) is 1. The van der Waals surface area contributed by atoms with Crippen LogP contribution in [-0.2, 0) is 6.61 Å². The first-order chi connectivity index (χ1) is 14.2. The Morgan fingerprint density at radius 1 is 0.897 bits per heavy atom. The van der Waals surface area contributed by atoms with E-state index in [2.05, 4.69) is 4.98 Å². The number of nitrogens with zero attached hydrogens (tertiary/aromatic N) is 1. The second kappa shape index (κ2) is 8.40. The van der Waals surface area contributed by atoms with Crippen LogP contribution in [0.25, 0.3) is 23.1 Å². The molecule has 0 radical (unpaired) electrons. The third-order valence-electron chi connectivity index (χ3n) is 4.54. The fourth-order valence-electron chi connectivity index (χ4n) is 3.06. The van der Waals surface area contributed by atoms with E-state index in [4.69, 9.17) is 4.74 Å². The number of benzene rings is 3. The van der Waals surface area contributed by atoms with Gasteiger partial charge in [0.15, 0.2) is 0 Å². The number of carbonyl (C=O) groups is 1. The summed E-state index contributed by atoms with van der Waals surface area (Å²) in [6.45, 7) is 0.523. The molecule has 1 aromatic heterocycles. The van der Waals surface area contributed by atoms with Gasteiger partial charge in [0.05, 0.1) is 16.8 Å². The van der Waals surface area contributed by atoms with Gasteiger partial charge in [-0.1, -0.05) is 66.7 Å². The van der Waals surface area contributed by atoms with Gasteiger partial charge in [-0.2, -0.15) is 0 Å².